The van der Waals surface area contributed by atoms with Gasteiger partial charge in [-0.25, -0.2) is 0 Å². The molecule has 10 heavy (non-hydrogen) atoms. The smallest absolute Gasteiger partial charge is 0.303 e. The van der Waals surface area contributed by atoms with Crippen molar-refractivity contribution in [3.8, 4) is 0 Å². The van der Waals surface area contributed by atoms with Gasteiger partial charge in [0.1, 0.15) is 0 Å². The summed E-state index contributed by atoms with van der Waals surface area (Å²) in [5, 5.41) is 8.21. The first-order valence-corrected chi connectivity index (χ1v) is 3.49. The molecule has 1 unspecified atom stereocenters. The van der Waals surface area contributed by atoms with Crippen molar-refractivity contribution < 1.29 is 9.90 Å². The Balaban J connectivity index is 0. The Morgan fingerprint density at radius 1 is 1.30 bits per heavy atom. The highest BCUT2D eigenvalue weighted by Crippen LogP contribution is 2.01. The van der Waals surface area contributed by atoms with E-state index in [-0.39, 0.29) is 9.90 Å². The van der Waals surface area contributed by atoms with Crippen molar-refractivity contribution in [1.82, 2.24) is 0 Å². The molecule has 1 atom stereocenters. The molecule has 0 amide bonds. The Hall–Kier alpha value is -0.100. The van der Waals surface area contributed by atoms with Crippen LogP contribution in [0.25, 0.3) is 0 Å². The van der Waals surface area contributed by atoms with E-state index in [4.69, 9.17) is 5.11 Å². The third kappa shape index (κ3) is 10.8. The molecule has 0 rings (SSSR count). The summed E-state index contributed by atoms with van der Waals surface area (Å²) in [6.07, 6.45) is 4.55. The van der Waals surface area contributed by atoms with Gasteiger partial charge in [0, 0.05) is 6.42 Å². The number of carboxylic acid groups (broad SMARTS) is 1. The number of carbonyl (C=O) groups is 1. The van der Waals surface area contributed by atoms with Crippen LogP contribution in [0.1, 0.15) is 39.0 Å². The zero-order valence-electron chi connectivity index (χ0n) is 6.60. The van der Waals surface area contributed by atoms with Crippen molar-refractivity contribution >= 4 is 15.9 Å². The second-order valence-corrected chi connectivity index (χ2v) is 2.20. The van der Waals surface area contributed by atoms with Gasteiger partial charge < -0.3 is 5.11 Å². The highest BCUT2D eigenvalue weighted by Gasteiger charge is 1.93. The fourth-order valence-corrected chi connectivity index (χ4v) is 0.703. The molecule has 0 aromatic rings. The molecule has 2 nitrogen and oxygen atoms in total. The largest absolute Gasteiger partial charge is 0.481 e. The van der Waals surface area contributed by atoms with Gasteiger partial charge in [-0.05, 0) is 6.42 Å². The van der Waals surface area contributed by atoms with Gasteiger partial charge in [-0.3, -0.25) is 4.79 Å². The average Bonchev–Trinajstić information content (AvgIpc) is 1.80. The van der Waals surface area contributed by atoms with Crippen molar-refractivity contribution in [2.75, 3.05) is 0 Å². The lowest BCUT2D eigenvalue weighted by molar-refractivity contribution is -0.137. The number of aliphatic carboxylic acids is 1. The zero-order chi connectivity index (χ0) is 7.11. The van der Waals surface area contributed by atoms with Gasteiger partial charge in [0.15, 0.2) is 0 Å². The van der Waals surface area contributed by atoms with Gasteiger partial charge in [-0.1, -0.05) is 26.2 Å². The molecule has 0 aliphatic carbocycles. The van der Waals surface area contributed by atoms with E-state index in [1.54, 1.807) is 0 Å². The van der Waals surface area contributed by atoms with Gasteiger partial charge in [0.25, 0.3) is 0 Å². The molecule has 0 saturated carbocycles. The molecule has 0 spiro atoms. The molecular formula is C7H17O2P. The maximum atomic E-state index is 9.96. The summed E-state index contributed by atoms with van der Waals surface area (Å²) in [6.45, 7) is 2.11. The second kappa shape index (κ2) is 8.90. The lowest BCUT2D eigenvalue weighted by atomic mass is 10.2. The first-order valence-electron chi connectivity index (χ1n) is 3.49. The number of hydrogen-bond acceptors (Lipinski definition) is 1. The minimum atomic E-state index is -0.675. The monoisotopic (exact) mass is 164 g/mol. The second-order valence-electron chi connectivity index (χ2n) is 2.20. The number of carboxylic acids is 1. The van der Waals surface area contributed by atoms with Crippen LogP contribution in [-0.2, 0) is 4.79 Å². The summed E-state index contributed by atoms with van der Waals surface area (Å²) in [7, 11) is 0. The highest BCUT2D eigenvalue weighted by atomic mass is 31.0. The lowest BCUT2D eigenvalue weighted by Gasteiger charge is -1.92. The summed E-state index contributed by atoms with van der Waals surface area (Å²) in [5.74, 6) is -0.675. The maximum Gasteiger partial charge on any atom is 0.303 e. The van der Waals surface area contributed by atoms with Crippen LogP contribution < -0.4 is 0 Å². The third-order valence-electron chi connectivity index (χ3n) is 1.24. The van der Waals surface area contributed by atoms with Crippen LogP contribution in [0, 0.1) is 0 Å². The van der Waals surface area contributed by atoms with Crippen molar-refractivity contribution in [2.45, 2.75) is 39.0 Å². The Labute approximate surface area is 65.6 Å². The first kappa shape index (κ1) is 12.6. The highest BCUT2D eigenvalue weighted by molar-refractivity contribution is 6.92. The maximum absolute atomic E-state index is 9.96. The van der Waals surface area contributed by atoms with E-state index in [0.717, 1.165) is 19.3 Å². The van der Waals surface area contributed by atoms with Gasteiger partial charge in [0.05, 0.1) is 0 Å². The van der Waals surface area contributed by atoms with Crippen molar-refractivity contribution in [1.29, 1.82) is 0 Å². The van der Waals surface area contributed by atoms with Gasteiger partial charge >= 0.3 is 5.97 Å². The van der Waals surface area contributed by atoms with Crippen LogP contribution in [0.3, 0.4) is 0 Å². The molecule has 0 heterocycles. The molecular weight excluding hydrogens is 147 g/mol. The molecule has 0 radical (unpaired) electrons. The van der Waals surface area contributed by atoms with Crippen LogP contribution in [0.5, 0.6) is 0 Å². The molecule has 0 fully saturated rings. The van der Waals surface area contributed by atoms with E-state index in [1.807, 2.05) is 0 Å². The van der Waals surface area contributed by atoms with Crippen LogP contribution in [0.4, 0.5) is 0 Å². The molecule has 1 N–H and O–H groups in total. The van der Waals surface area contributed by atoms with E-state index in [0.29, 0.717) is 6.42 Å². The summed E-state index contributed by atoms with van der Waals surface area (Å²) < 4.78 is 0. The molecule has 0 aliphatic heterocycles. The first-order chi connectivity index (χ1) is 4.27. The van der Waals surface area contributed by atoms with E-state index < -0.39 is 5.97 Å². The SMILES string of the molecule is CCCCCCC(=O)O.P. The minimum Gasteiger partial charge on any atom is -0.481 e. The Bertz CT molecular complexity index is 83.7. The van der Waals surface area contributed by atoms with Crippen LogP contribution in [0.2, 0.25) is 0 Å². The summed E-state index contributed by atoms with van der Waals surface area (Å²) in [6, 6.07) is 0. The molecule has 0 bridgehead atoms. The van der Waals surface area contributed by atoms with Crippen molar-refractivity contribution in [3.05, 3.63) is 0 Å². The fourth-order valence-electron chi connectivity index (χ4n) is 0.703. The molecule has 0 aromatic carbocycles. The predicted octanol–water partition coefficient (Wildman–Crippen LogP) is 2.10. The number of unbranched alkanes of at least 4 members (excludes halogenated alkanes) is 3. The number of hydrogen-bond donors (Lipinski definition) is 1. The van der Waals surface area contributed by atoms with Crippen LogP contribution >= 0.6 is 9.90 Å². The fraction of sp³-hybridized carbons (Fsp3) is 0.857. The molecule has 3 heteroatoms. The summed E-state index contributed by atoms with van der Waals surface area (Å²) in [5.41, 5.74) is 0. The molecule has 0 aromatic heterocycles. The Kier molecular flexibility index (Phi) is 11.2. The predicted molar refractivity (Wildman–Crippen MR) is 47.5 cm³/mol. The van der Waals surface area contributed by atoms with Crippen LogP contribution in [0.15, 0.2) is 0 Å². The Morgan fingerprint density at radius 3 is 2.30 bits per heavy atom. The normalized spacial score (nSPS) is 8.50. The van der Waals surface area contributed by atoms with Gasteiger partial charge in [-0.2, -0.15) is 9.90 Å². The Morgan fingerprint density at radius 2 is 1.90 bits per heavy atom. The summed E-state index contributed by atoms with van der Waals surface area (Å²) in [4.78, 5) is 9.96. The van der Waals surface area contributed by atoms with Crippen LogP contribution in [-0.4, -0.2) is 11.1 Å². The van der Waals surface area contributed by atoms with E-state index >= 15 is 0 Å². The lowest BCUT2D eigenvalue weighted by Crippen LogP contribution is -1.92. The van der Waals surface area contributed by atoms with Crippen molar-refractivity contribution in [2.24, 2.45) is 0 Å². The third-order valence-corrected chi connectivity index (χ3v) is 1.24. The molecule has 0 aliphatic rings. The quantitative estimate of drug-likeness (QED) is 0.499. The van der Waals surface area contributed by atoms with Crippen molar-refractivity contribution in [3.63, 3.8) is 0 Å². The summed E-state index contributed by atoms with van der Waals surface area (Å²) >= 11 is 0. The van der Waals surface area contributed by atoms with Gasteiger partial charge in [-0.15, -0.1) is 0 Å². The minimum absolute atomic E-state index is 0. The zero-order valence-corrected chi connectivity index (χ0v) is 8.01. The van der Waals surface area contributed by atoms with E-state index in [2.05, 4.69) is 6.92 Å². The standard InChI is InChI=1S/C7H14O2.H3P/c1-2-3-4-5-6-7(8)9;/h2-6H2,1H3,(H,8,9);1H3. The average molecular weight is 164 g/mol. The topological polar surface area (TPSA) is 37.3 Å². The van der Waals surface area contributed by atoms with E-state index in [1.165, 1.54) is 6.42 Å². The number of rotatable bonds is 5. The molecule has 0 saturated heterocycles. The van der Waals surface area contributed by atoms with E-state index in [9.17, 15) is 4.79 Å². The molecule has 62 valence electrons. The van der Waals surface area contributed by atoms with Gasteiger partial charge in [0.2, 0.25) is 0 Å².